The maximum Gasteiger partial charge on any atom is 0.293 e. The Bertz CT molecular complexity index is 1340. The summed E-state index contributed by atoms with van der Waals surface area (Å²) >= 11 is 0.817. The van der Waals surface area contributed by atoms with Crippen molar-refractivity contribution in [2.45, 2.75) is 6.54 Å². The molecule has 2 saturated heterocycles. The molecule has 0 unspecified atom stereocenters. The van der Waals surface area contributed by atoms with Crippen LogP contribution in [0.1, 0.15) is 21.5 Å². The van der Waals surface area contributed by atoms with Gasteiger partial charge in [0, 0.05) is 43.0 Å². The van der Waals surface area contributed by atoms with Gasteiger partial charge in [0.1, 0.15) is 5.82 Å². The Morgan fingerprint density at radius 1 is 0.889 bits per heavy atom. The van der Waals surface area contributed by atoms with E-state index in [0.29, 0.717) is 24.2 Å². The number of anilines is 1. The molecule has 0 aromatic heterocycles. The van der Waals surface area contributed by atoms with Crippen molar-refractivity contribution >= 4 is 40.6 Å². The van der Waals surface area contributed by atoms with E-state index in [-0.39, 0.29) is 22.9 Å². The second kappa shape index (κ2) is 10.4. The van der Waals surface area contributed by atoms with Crippen molar-refractivity contribution < 1.29 is 18.8 Å². The van der Waals surface area contributed by atoms with E-state index >= 15 is 0 Å². The summed E-state index contributed by atoms with van der Waals surface area (Å²) in [6, 6.07) is 23.3. The van der Waals surface area contributed by atoms with Crippen molar-refractivity contribution in [2.24, 2.45) is 0 Å². The van der Waals surface area contributed by atoms with E-state index < -0.39 is 17.0 Å². The normalized spacial score (nSPS) is 17.2. The van der Waals surface area contributed by atoms with Gasteiger partial charge in [-0.25, -0.2) is 4.39 Å². The Morgan fingerprint density at radius 3 is 2.36 bits per heavy atom. The third-order valence-electron chi connectivity index (χ3n) is 6.28. The topological polar surface area (TPSA) is 60.9 Å². The molecule has 0 saturated carbocycles. The van der Waals surface area contributed by atoms with E-state index in [1.807, 2.05) is 23.1 Å². The number of piperazine rings is 1. The van der Waals surface area contributed by atoms with E-state index in [1.165, 1.54) is 6.07 Å². The predicted molar refractivity (Wildman–Crippen MR) is 139 cm³/mol. The van der Waals surface area contributed by atoms with Gasteiger partial charge in [0.15, 0.2) is 0 Å². The molecule has 36 heavy (non-hydrogen) atoms. The first-order chi connectivity index (χ1) is 17.5. The third-order valence-corrected chi connectivity index (χ3v) is 7.19. The SMILES string of the molecule is O=C(c1cccc(/C=C2\SC(=O)N(Cc3ccccc3F)C2=O)c1)N1CCN(c2ccccc2)CC1. The first-order valence-corrected chi connectivity index (χ1v) is 12.5. The highest BCUT2D eigenvalue weighted by Crippen LogP contribution is 2.33. The molecule has 5 rings (SSSR count). The van der Waals surface area contributed by atoms with E-state index in [2.05, 4.69) is 17.0 Å². The van der Waals surface area contributed by atoms with Gasteiger partial charge in [-0.05, 0) is 53.7 Å². The van der Waals surface area contributed by atoms with Gasteiger partial charge in [-0.3, -0.25) is 19.3 Å². The summed E-state index contributed by atoms with van der Waals surface area (Å²) in [5.74, 6) is -0.996. The summed E-state index contributed by atoms with van der Waals surface area (Å²) in [5.41, 5.74) is 2.61. The predicted octanol–water partition coefficient (Wildman–Crippen LogP) is 5.02. The fourth-order valence-electron chi connectivity index (χ4n) is 4.34. The Labute approximate surface area is 213 Å². The van der Waals surface area contributed by atoms with Crippen molar-refractivity contribution in [1.29, 1.82) is 0 Å². The molecular formula is C28H24FN3O3S. The van der Waals surface area contributed by atoms with Crippen molar-refractivity contribution in [3.63, 3.8) is 0 Å². The molecule has 2 aliphatic heterocycles. The van der Waals surface area contributed by atoms with Gasteiger partial charge in [0.25, 0.3) is 17.1 Å². The number of hydrogen-bond acceptors (Lipinski definition) is 5. The number of para-hydroxylation sites is 1. The largest absolute Gasteiger partial charge is 0.368 e. The number of imide groups is 1. The molecule has 2 fully saturated rings. The van der Waals surface area contributed by atoms with Crippen LogP contribution in [0.15, 0.2) is 83.8 Å². The van der Waals surface area contributed by atoms with Crippen LogP contribution in [0, 0.1) is 5.82 Å². The summed E-state index contributed by atoms with van der Waals surface area (Å²) in [6.45, 7) is 2.62. The smallest absolute Gasteiger partial charge is 0.293 e. The minimum atomic E-state index is -0.470. The Hall–Kier alpha value is -3.91. The van der Waals surface area contributed by atoms with Crippen LogP contribution in [0.2, 0.25) is 0 Å². The summed E-state index contributed by atoms with van der Waals surface area (Å²) in [6.07, 6.45) is 1.61. The molecule has 0 spiro atoms. The van der Waals surface area contributed by atoms with Crippen LogP contribution in [-0.2, 0) is 11.3 Å². The maximum atomic E-state index is 14.0. The highest BCUT2D eigenvalue weighted by atomic mass is 32.2. The molecule has 3 aromatic rings. The molecule has 3 aromatic carbocycles. The molecule has 0 atom stereocenters. The van der Waals surface area contributed by atoms with Gasteiger partial charge in [-0.2, -0.15) is 0 Å². The standard InChI is InChI=1S/C28H24FN3O3S/c29-24-12-5-4-8-22(24)19-32-27(34)25(36-28(32)35)18-20-7-6-9-21(17-20)26(33)31-15-13-30(14-16-31)23-10-2-1-3-11-23/h1-12,17-18H,13-16,19H2/b25-18-. The van der Waals surface area contributed by atoms with Gasteiger partial charge < -0.3 is 9.80 Å². The Balaban J connectivity index is 1.26. The highest BCUT2D eigenvalue weighted by molar-refractivity contribution is 8.18. The molecule has 6 nitrogen and oxygen atoms in total. The fourth-order valence-corrected chi connectivity index (χ4v) is 5.17. The van der Waals surface area contributed by atoms with Crippen LogP contribution >= 0.6 is 11.8 Å². The number of carbonyl (C=O) groups is 3. The van der Waals surface area contributed by atoms with Gasteiger partial charge in [-0.15, -0.1) is 0 Å². The number of carbonyl (C=O) groups excluding carboxylic acids is 3. The molecule has 8 heteroatoms. The van der Waals surface area contributed by atoms with Crippen LogP contribution in [0.4, 0.5) is 14.9 Å². The Morgan fingerprint density at radius 2 is 1.61 bits per heavy atom. The van der Waals surface area contributed by atoms with E-state index in [0.717, 1.165) is 35.4 Å². The second-order valence-corrected chi connectivity index (χ2v) is 9.59. The summed E-state index contributed by atoms with van der Waals surface area (Å²) in [5, 5.41) is -0.446. The lowest BCUT2D eigenvalue weighted by molar-refractivity contribution is -0.123. The molecule has 0 aliphatic carbocycles. The minimum absolute atomic E-state index is 0.0642. The van der Waals surface area contributed by atoms with E-state index in [1.54, 1.807) is 48.5 Å². The highest BCUT2D eigenvalue weighted by Gasteiger charge is 2.35. The van der Waals surface area contributed by atoms with Crippen molar-refractivity contribution in [2.75, 3.05) is 31.1 Å². The van der Waals surface area contributed by atoms with Gasteiger partial charge in [-0.1, -0.05) is 48.5 Å². The Kier molecular flexibility index (Phi) is 6.86. The molecular weight excluding hydrogens is 477 g/mol. The number of nitrogens with zero attached hydrogens (tertiary/aromatic N) is 3. The molecule has 0 bridgehead atoms. The van der Waals surface area contributed by atoms with Crippen molar-refractivity contribution in [3.05, 3.63) is 106 Å². The van der Waals surface area contributed by atoms with Crippen molar-refractivity contribution in [1.82, 2.24) is 9.80 Å². The maximum absolute atomic E-state index is 14.0. The zero-order chi connectivity index (χ0) is 25.1. The fraction of sp³-hybridized carbons (Fsp3) is 0.179. The van der Waals surface area contributed by atoms with Gasteiger partial charge in [0.2, 0.25) is 0 Å². The van der Waals surface area contributed by atoms with Crippen LogP contribution in [0.3, 0.4) is 0 Å². The molecule has 2 heterocycles. The zero-order valence-electron chi connectivity index (χ0n) is 19.5. The summed E-state index contributed by atoms with van der Waals surface area (Å²) in [7, 11) is 0. The lowest BCUT2D eigenvalue weighted by atomic mass is 10.1. The van der Waals surface area contributed by atoms with Crippen LogP contribution < -0.4 is 4.90 Å². The molecule has 0 N–H and O–H groups in total. The van der Waals surface area contributed by atoms with Gasteiger partial charge >= 0.3 is 0 Å². The van der Waals surface area contributed by atoms with Crippen LogP contribution in [0.5, 0.6) is 0 Å². The molecule has 3 amide bonds. The minimum Gasteiger partial charge on any atom is -0.368 e. The number of benzene rings is 3. The number of hydrogen-bond donors (Lipinski definition) is 0. The number of halogens is 1. The zero-order valence-corrected chi connectivity index (χ0v) is 20.3. The molecule has 0 radical (unpaired) electrons. The lowest BCUT2D eigenvalue weighted by Gasteiger charge is -2.36. The first kappa shape index (κ1) is 23.8. The third kappa shape index (κ3) is 5.04. The van der Waals surface area contributed by atoms with Gasteiger partial charge in [0.05, 0.1) is 11.4 Å². The number of thioether (sulfide) groups is 1. The monoisotopic (exact) mass is 501 g/mol. The molecule has 182 valence electrons. The quantitative estimate of drug-likeness (QED) is 0.459. The van der Waals surface area contributed by atoms with Crippen LogP contribution in [-0.4, -0.2) is 53.0 Å². The van der Waals surface area contributed by atoms with E-state index in [9.17, 15) is 18.8 Å². The average molecular weight is 502 g/mol. The van der Waals surface area contributed by atoms with Crippen LogP contribution in [0.25, 0.3) is 6.08 Å². The molecule has 2 aliphatic rings. The summed E-state index contributed by atoms with van der Waals surface area (Å²) < 4.78 is 14.0. The summed E-state index contributed by atoms with van der Waals surface area (Å²) in [4.78, 5) is 43.8. The first-order valence-electron chi connectivity index (χ1n) is 11.7. The number of rotatable bonds is 5. The van der Waals surface area contributed by atoms with E-state index in [4.69, 9.17) is 0 Å². The average Bonchev–Trinajstić information content (AvgIpc) is 3.17. The second-order valence-electron chi connectivity index (χ2n) is 8.60. The lowest BCUT2D eigenvalue weighted by Crippen LogP contribution is -2.48. The van der Waals surface area contributed by atoms with Crippen molar-refractivity contribution in [3.8, 4) is 0 Å². The number of amides is 3.